The minimum atomic E-state index is -0.128. The average Bonchev–Trinajstić information content (AvgIpc) is 3.15. The second-order valence-electron chi connectivity index (χ2n) is 5.74. The van der Waals surface area contributed by atoms with Gasteiger partial charge in [0.05, 0.1) is 17.3 Å². The zero-order valence-corrected chi connectivity index (χ0v) is 14.7. The van der Waals surface area contributed by atoms with Crippen molar-refractivity contribution < 1.29 is 9.32 Å². The standard InChI is InChI=1S/C18H19N3O2S/c1-11-9-15(24-13(11)3)18-20-16(21-23-18)10-17(22)19-12(2)14-7-5-4-6-8-14/h4-9,12H,10H2,1-3H3,(H,19,22)/t12-/m1/s1. The first-order valence-corrected chi connectivity index (χ1v) is 8.59. The molecule has 124 valence electrons. The molecule has 0 aliphatic rings. The number of aryl methyl sites for hydroxylation is 2. The van der Waals surface area contributed by atoms with Crippen molar-refractivity contribution in [1.82, 2.24) is 15.5 Å². The second-order valence-corrected chi connectivity index (χ2v) is 7.00. The molecule has 1 aromatic carbocycles. The van der Waals surface area contributed by atoms with Gasteiger partial charge in [0.2, 0.25) is 5.91 Å². The van der Waals surface area contributed by atoms with Crippen LogP contribution in [0.2, 0.25) is 0 Å². The Labute approximate surface area is 144 Å². The number of rotatable bonds is 5. The maximum Gasteiger partial charge on any atom is 0.268 e. The van der Waals surface area contributed by atoms with Crippen LogP contribution >= 0.6 is 11.3 Å². The Bertz CT molecular complexity index is 820. The summed E-state index contributed by atoms with van der Waals surface area (Å²) in [6, 6.07) is 11.8. The largest absolute Gasteiger partial charge is 0.349 e. The molecule has 0 saturated heterocycles. The molecular formula is C18H19N3O2S. The number of amides is 1. The molecule has 0 aliphatic heterocycles. The molecule has 1 atom stereocenters. The predicted octanol–water partition coefficient (Wildman–Crippen LogP) is 3.83. The van der Waals surface area contributed by atoms with Crippen molar-refractivity contribution >= 4 is 17.2 Å². The van der Waals surface area contributed by atoms with E-state index in [9.17, 15) is 4.79 Å². The van der Waals surface area contributed by atoms with E-state index in [1.54, 1.807) is 11.3 Å². The van der Waals surface area contributed by atoms with Gasteiger partial charge >= 0.3 is 0 Å². The van der Waals surface area contributed by atoms with E-state index in [0.29, 0.717) is 11.7 Å². The molecule has 24 heavy (non-hydrogen) atoms. The van der Waals surface area contributed by atoms with Crippen molar-refractivity contribution in [2.24, 2.45) is 0 Å². The summed E-state index contributed by atoms with van der Waals surface area (Å²) in [6.45, 7) is 6.05. The molecule has 2 heterocycles. The third-order valence-electron chi connectivity index (χ3n) is 3.84. The van der Waals surface area contributed by atoms with E-state index in [1.807, 2.05) is 50.2 Å². The summed E-state index contributed by atoms with van der Waals surface area (Å²) in [7, 11) is 0. The van der Waals surface area contributed by atoms with Gasteiger partial charge in [0.25, 0.3) is 5.89 Å². The van der Waals surface area contributed by atoms with Crippen molar-refractivity contribution in [2.75, 3.05) is 0 Å². The SMILES string of the molecule is Cc1cc(-c2nc(CC(=O)N[C@H](C)c3ccccc3)no2)sc1C. The number of carbonyl (C=O) groups is 1. The number of nitrogens with zero attached hydrogens (tertiary/aromatic N) is 2. The minimum Gasteiger partial charge on any atom is -0.349 e. The Morgan fingerprint density at radius 1 is 1.29 bits per heavy atom. The van der Waals surface area contributed by atoms with Gasteiger partial charge in [-0.05, 0) is 38.0 Å². The van der Waals surface area contributed by atoms with Gasteiger partial charge in [-0.2, -0.15) is 4.98 Å². The predicted molar refractivity (Wildman–Crippen MR) is 93.8 cm³/mol. The summed E-state index contributed by atoms with van der Waals surface area (Å²) in [5.74, 6) is 0.735. The van der Waals surface area contributed by atoms with Crippen LogP contribution in [0.5, 0.6) is 0 Å². The highest BCUT2D eigenvalue weighted by molar-refractivity contribution is 7.15. The van der Waals surface area contributed by atoms with Gasteiger partial charge < -0.3 is 9.84 Å². The van der Waals surface area contributed by atoms with Crippen LogP contribution < -0.4 is 5.32 Å². The Kier molecular flexibility index (Phi) is 4.76. The van der Waals surface area contributed by atoms with E-state index < -0.39 is 0 Å². The summed E-state index contributed by atoms with van der Waals surface area (Å²) in [4.78, 5) is 18.7. The molecule has 0 spiro atoms. The maximum atomic E-state index is 12.2. The van der Waals surface area contributed by atoms with Gasteiger partial charge in [-0.25, -0.2) is 0 Å². The van der Waals surface area contributed by atoms with Crippen molar-refractivity contribution in [3.8, 4) is 10.8 Å². The van der Waals surface area contributed by atoms with Crippen LogP contribution in [0.15, 0.2) is 40.9 Å². The molecule has 0 bridgehead atoms. The van der Waals surface area contributed by atoms with Crippen molar-refractivity contribution in [3.63, 3.8) is 0 Å². The Hall–Kier alpha value is -2.47. The molecule has 0 fully saturated rings. The lowest BCUT2D eigenvalue weighted by molar-refractivity contribution is -0.121. The fourth-order valence-corrected chi connectivity index (χ4v) is 3.32. The third-order valence-corrected chi connectivity index (χ3v) is 4.98. The highest BCUT2D eigenvalue weighted by Gasteiger charge is 2.16. The number of hydrogen-bond acceptors (Lipinski definition) is 5. The van der Waals surface area contributed by atoms with Crippen molar-refractivity contribution in [2.45, 2.75) is 33.2 Å². The highest BCUT2D eigenvalue weighted by Crippen LogP contribution is 2.29. The monoisotopic (exact) mass is 341 g/mol. The lowest BCUT2D eigenvalue weighted by Gasteiger charge is -2.13. The molecule has 0 saturated carbocycles. The maximum absolute atomic E-state index is 12.2. The summed E-state index contributed by atoms with van der Waals surface area (Å²) >= 11 is 1.61. The van der Waals surface area contributed by atoms with Crippen LogP contribution in [0, 0.1) is 13.8 Å². The first kappa shape index (κ1) is 16.4. The van der Waals surface area contributed by atoms with Crippen molar-refractivity contribution in [3.05, 3.63) is 58.2 Å². The van der Waals surface area contributed by atoms with Crippen LogP contribution in [-0.2, 0) is 11.2 Å². The van der Waals surface area contributed by atoms with Crippen LogP contribution in [0.25, 0.3) is 10.8 Å². The molecule has 6 heteroatoms. The first-order chi connectivity index (χ1) is 11.5. The summed E-state index contributed by atoms with van der Waals surface area (Å²) < 4.78 is 5.28. The van der Waals surface area contributed by atoms with E-state index >= 15 is 0 Å². The number of aromatic nitrogens is 2. The zero-order valence-electron chi connectivity index (χ0n) is 13.9. The topological polar surface area (TPSA) is 68.0 Å². The van der Waals surface area contributed by atoms with E-state index in [2.05, 4.69) is 22.4 Å². The lowest BCUT2D eigenvalue weighted by atomic mass is 10.1. The van der Waals surface area contributed by atoms with E-state index in [4.69, 9.17) is 4.52 Å². The zero-order chi connectivity index (χ0) is 17.1. The molecular weight excluding hydrogens is 322 g/mol. The van der Waals surface area contributed by atoms with Gasteiger partial charge in [0, 0.05) is 4.88 Å². The van der Waals surface area contributed by atoms with E-state index in [0.717, 1.165) is 10.4 Å². The smallest absolute Gasteiger partial charge is 0.268 e. The van der Waals surface area contributed by atoms with Crippen LogP contribution in [0.4, 0.5) is 0 Å². The summed E-state index contributed by atoms with van der Waals surface area (Å²) in [5, 5.41) is 6.86. The van der Waals surface area contributed by atoms with Gasteiger partial charge in [-0.1, -0.05) is 35.5 Å². The third kappa shape index (κ3) is 3.71. The Morgan fingerprint density at radius 2 is 2.04 bits per heavy atom. The highest BCUT2D eigenvalue weighted by atomic mass is 32.1. The van der Waals surface area contributed by atoms with Crippen LogP contribution in [0.3, 0.4) is 0 Å². The molecule has 0 unspecified atom stereocenters. The molecule has 1 N–H and O–H groups in total. The van der Waals surface area contributed by atoms with Crippen LogP contribution in [0.1, 0.15) is 34.8 Å². The van der Waals surface area contributed by atoms with Gasteiger partial charge in [0.15, 0.2) is 5.82 Å². The molecule has 3 rings (SSSR count). The van der Waals surface area contributed by atoms with Crippen LogP contribution in [-0.4, -0.2) is 16.0 Å². The Morgan fingerprint density at radius 3 is 2.71 bits per heavy atom. The van der Waals surface area contributed by atoms with Gasteiger partial charge in [0.1, 0.15) is 0 Å². The number of hydrogen-bond donors (Lipinski definition) is 1. The molecule has 2 aromatic heterocycles. The second kappa shape index (κ2) is 6.97. The number of benzene rings is 1. The van der Waals surface area contributed by atoms with E-state index in [-0.39, 0.29) is 18.4 Å². The molecule has 1 amide bonds. The first-order valence-electron chi connectivity index (χ1n) is 7.77. The Balaban J connectivity index is 1.63. The van der Waals surface area contributed by atoms with Crippen molar-refractivity contribution in [1.29, 1.82) is 0 Å². The molecule has 5 nitrogen and oxygen atoms in total. The number of carbonyl (C=O) groups excluding carboxylic acids is 1. The fourth-order valence-electron chi connectivity index (χ4n) is 2.37. The minimum absolute atomic E-state index is 0.0623. The number of thiophene rings is 1. The van der Waals surface area contributed by atoms with Gasteiger partial charge in [-0.3, -0.25) is 4.79 Å². The molecule has 0 aliphatic carbocycles. The summed E-state index contributed by atoms with van der Waals surface area (Å²) in [6.07, 6.45) is 0.101. The number of nitrogens with one attached hydrogen (secondary N) is 1. The fraction of sp³-hybridized carbons (Fsp3) is 0.278. The molecule has 3 aromatic rings. The average molecular weight is 341 g/mol. The quantitative estimate of drug-likeness (QED) is 0.766. The summed E-state index contributed by atoms with van der Waals surface area (Å²) in [5.41, 5.74) is 2.26. The lowest BCUT2D eigenvalue weighted by Crippen LogP contribution is -2.28. The molecule has 0 radical (unpaired) electrons. The van der Waals surface area contributed by atoms with Gasteiger partial charge in [-0.15, -0.1) is 11.3 Å². The van der Waals surface area contributed by atoms with E-state index in [1.165, 1.54) is 10.4 Å². The normalized spacial score (nSPS) is 12.1.